The van der Waals surface area contributed by atoms with E-state index >= 15 is 0 Å². The lowest BCUT2D eigenvalue weighted by molar-refractivity contribution is 0.477. The molecule has 1 aromatic carbocycles. The molecule has 0 amide bonds. The molecule has 0 aliphatic rings. The number of ether oxygens (including phenoxy) is 1. The highest BCUT2D eigenvalue weighted by Crippen LogP contribution is 2.30. The Balaban J connectivity index is 2.27. The molecule has 3 heteroatoms. The number of hydrogen-bond acceptors (Lipinski definition) is 3. The second kappa shape index (κ2) is 4.92. The van der Waals surface area contributed by atoms with Crippen molar-refractivity contribution in [2.45, 2.75) is 33.1 Å². The Morgan fingerprint density at radius 1 is 1.11 bits per heavy atom. The molecule has 1 aromatic heterocycles. The predicted octanol–water partition coefficient (Wildman–Crippen LogP) is 4.06. The van der Waals surface area contributed by atoms with Crippen molar-refractivity contribution in [1.82, 2.24) is 4.98 Å². The average molecular weight is 256 g/mol. The molecule has 2 aromatic rings. The Hall–Kier alpha value is -2.03. The van der Waals surface area contributed by atoms with Gasteiger partial charge in [-0.15, -0.1) is 0 Å². The van der Waals surface area contributed by atoms with Crippen LogP contribution >= 0.6 is 0 Å². The number of hydrogen-bond donors (Lipinski definition) is 1. The first kappa shape index (κ1) is 13.4. The van der Waals surface area contributed by atoms with Crippen molar-refractivity contribution in [2.24, 2.45) is 0 Å². The molecule has 0 spiro atoms. The third-order valence-electron chi connectivity index (χ3n) is 3.02. The SMILES string of the molecule is Cc1cc(C(C)(C)C)ccc1Oc1ccnc(N)c1. The molecule has 0 bridgehead atoms. The summed E-state index contributed by atoms with van der Waals surface area (Å²) in [7, 11) is 0. The van der Waals surface area contributed by atoms with Crippen LogP contribution < -0.4 is 10.5 Å². The predicted molar refractivity (Wildman–Crippen MR) is 78.6 cm³/mol. The maximum absolute atomic E-state index is 5.84. The fraction of sp³-hybridized carbons (Fsp3) is 0.312. The average Bonchev–Trinajstić information content (AvgIpc) is 2.30. The van der Waals surface area contributed by atoms with Gasteiger partial charge in [0.1, 0.15) is 17.3 Å². The molecule has 0 aliphatic carbocycles. The molecule has 0 radical (unpaired) electrons. The van der Waals surface area contributed by atoms with Gasteiger partial charge >= 0.3 is 0 Å². The van der Waals surface area contributed by atoms with Crippen molar-refractivity contribution in [3.8, 4) is 11.5 Å². The molecule has 0 atom stereocenters. The molecule has 0 aliphatic heterocycles. The number of pyridine rings is 1. The zero-order valence-electron chi connectivity index (χ0n) is 11.9. The minimum atomic E-state index is 0.143. The fourth-order valence-corrected chi connectivity index (χ4v) is 1.85. The first-order chi connectivity index (χ1) is 8.86. The van der Waals surface area contributed by atoms with Gasteiger partial charge in [0.05, 0.1) is 0 Å². The molecule has 19 heavy (non-hydrogen) atoms. The van der Waals surface area contributed by atoms with Gasteiger partial charge in [-0.3, -0.25) is 0 Å². The number of aromatic nitrogens is 1. The van der Waals surface area contributed by atoms with Crippen LogP contribution in [0.4, 0.5) is 5.82 Å². The lowest BCUT2D eigenvalue weighted by atomic mass is 9.86. The summed E-state index contributed by atoms with van der Waals surface area (Å²) in [4.78, 5) is 3.95. The van der Waals surface area contributed by atoms with Crippen molar-refractivity contribution in [3.05, 3.63) is 47.7 Å². The summed E-state index contributed by atoms with van der Waals surface area (Å²) < 4.78 is 5.84. The van der Waals surface area contributed by atoms with Gasteiger partial charge in [0.25, 0.3) is 0 Å². The number of benzene rings is 1. The van der Waals surface area contributed by atoms with E-state index in [-0.39, 0.29) is 5.41 Å². The molecule has 3 nitrogen and oxygen atoms in total. The van der Waals surface area contributed by atoms with E-state index in [1.54, 1.807) is 18.3 Å². The normalized spacial score (nSPS) is 11.4. The molecule has 0 fully saturated rings. The van der Waals surface area contributed by atoms with Gasteiger partial charge in [0.15, 0.2) is 0 Å². The van der Waals surface area contributed by atoms with Gasteiger partial charge in [-0.25, -0.2) is 4.98 Å². The van der Waals surface area contributed by atoms with Crippen LogP contribution in [0.3, 0.4) is 0 Å². The molecule has 1 heterocycles. The van der Waals surface area contributed by atoms with Crippen molar-refractivity contribution in [3.63, 3.8) is 0 Å². The Morgan fingerprint density at radius 3 is 2.42 bits per heavy atom. The van der Waals surface area contributed by atoms with E-state index in [2.05, 4.69) is 44.8 Å². The Labute approximate surface area is 114 Å². The number of nitrogens with two attached hydrogens (primary N) is 1. The summed E-state index contributed by atoms with van der Waals surface area (Å²) in [6, 6.07) is 9.80. The topological polar surface area (TPSA) is 48.1 Å². The van der Waals surface area contributed by atoms with Crippen molar-refractivity contribution >= 4 is 5.82 Å². The summed E-state index contributed by atoms with van der Waals surface area (Å²) in [6.07, 6.45) is 1.64. The highest BCUT2D eigenvalue weighted by atomic mass is 16.5. The van der Waals surface area contributed by atoms with E-state index in [1.807, 2.05) is 6.07 Å². The van der Waals surface area contributed by atoms with Crippen LogP contribution in [0.15, 0.2) is 36.5 Å². The van der Waals surface area contributed by atoms with Gasteiger partial charge in [-0.05, 0) is 35.6 Å². The Morgan fingerprint density at radius 2 is 1.84 bits per heavy atom. The van der Waals surface area contributed by atoms with Crippen LogP contribution in [0.25, 0.3) is 0 Å². The van der Waals surface area contributed by atoms with Gasteiger partial charge in [0.2, 0.25) is 0 Å². The van der Waals surface area contributed by atoms with Crippen molar-refractivity contribution in [2.75, 3.05) is 5.73 Å². The van der Waals surface area contributed by atoms with Crippen LogP contribution in [-0.2, 0) is 5.41 Å². The number of aryl methyl sites for hydroxylation is 1. The quantitative estimate of drug-likeness (QED) is 0.881. The maximum Gasteiger partial charge on any atom is 0.132 e. The second-order valence-electron chi connectivity index (χ2n) is 5.75. The highest BCUT2D eigenvalue weighted by molar-refractivity contribution is 5.43. The zero-order valence-corrected chi connectivity index (χ0v) is 11.9. The van der Waals surface area contributed by atoms with Gasteiger partial charge in [-0.1, -0.05) is 32.9 Å². The maximum atomic E-state index is 5.84. The number of anilines is 1. The largest absolute Gasteiger partial charge is 0.457 e. The third-order valence-corrected chi connectivity index (χ3v) is 3.02. The van der Waals surface area contributed by atoms with Crippen LogP contribution in [0.2, 0.25) is 0 Å². The van der Waals surface area contributed by atoms with Crippen LogP contribution in [-0.4, -0.2) is 4.98 Å². The molecule has 0 saturated heterocycles. The zero-order chi connectivity index (χ0) is 14.0. The first-order valence-corrected chi connectivity index (χ1v) is 6.37. The number of nitrogen functional groups attached to an aromatic ring is 1. The summed E-state index contributed by atoms with van der Waals surface area (Å²) in [5.41, 5.74) is 8.20. The molecular formula is C16H20N2O. The Kier molecular flexibility index (Phi) is 3.47. The van der Waals surface area contributed by atoms with Crippen LogP contribution in [0.1, 0.15) is 31.9 Å². The minimum absolute atomic E-state index is 0.143. The molecule has 2 rings (SSSR count). The van der Waals surface area contributed by atoms with Crippen molar-refractivity contribution in [1.29, 1.82) is 0 Å². The summed E-state index contributed by atoms with van der Waals surface area (Å²) >= 11 is 0. The molecule has 2 N–H and O–H groups in total. The number of rotatable bonds is 2. The van der Waals surface area contributed by atoms with Gasteiger partial charge in [0, 0.05) is 12.3 Å². The van der Waals surface area contributed by atoms with Crippen LogP contribution in [0, 0.1) is 6.92 Å². The van der Waals surface area contributed by atoms with E-state index in [4.69, 9.17) is 10.5 Å². The highest BCUT2D eigenvalue weighted by Gasteiger charge is 2.14. The molecule has 0 unspecified atom stereocenters. The molecule has 100 valence electrons. The van der Waals surface area contributed by atoms with Gasteiger partial charge < -0.3 is 10.5 Å². The van der Waals surface area contributed by atoms with E-state index in [0.29, 0.717) is 11.6 Å². The van der Waals surface area contributed by atoms with E-state index in [9.17, 15) is 0 Å². The first-order valence-electron chi connectivity index (χ1n) is 6.37. The van der Waals surface area contributed by atoms with Crippen LogP contribution in [0.5, 0.6) is 11.5 Å². The smallest absolute Gasteiger partial charge is 0.132 e. The lowest BCUT2D eigenvalue weighted by Gasteiger charge is -2.20. The van der Waals surface area contributed by atoms with E-state index in [0.717, 1.165) is 11.3 Å². The Bertz CT molecular complexity index is 586. The van der Waals surface area contributed by atoms with Crippen molar-refractivity contribution < 1.29 is 4.74 Å². The van der Waals surface area contributed by atoms with E-state index in [1.165, 1.54) is 5.56 Å². The fourth-order valence-electron chi connectivity index (χ4n) is 1.85. The van der Waals surface area contributed by atoms with Gasteiger partial charge in [-0.2, -0.15) is 0 Å². The molecule has 0 saturated carbocycles. The summed E-state index contributed by atoms with van der Waals surface area (Å²) in [5, 5.41) is 0. The minimum Gasteiger partial charge on any atom is -0.457 e. The summed E-state index contributed by atoms with van der Waals surface area (Å²) in [5.74, 6) is 2.01. The number of nitrogens with zero attached hydrogens (tertiary/aromatic N) is 1. The monoisotopic (exact) mass is 256 g/mol. The second-order valence-corrected chi connectivity index (χ2v) is 5.75. The van der Waals surface area contributed by atoms with E-state index < -0.39 is 0 Å². The third kappa shape index (κ3) is 3.25. The standard InChI is InChI=1S/C16H20N2O/c1-11-9-12(16(2,3)4)5-6-14(11)19-13-7-8-18-15(17)10-13/h5-10H,1-4H3,(H2,17,18). The lowest BCUT2D eigenvalue weighted by Crippen LogP contribution is -2.11. The molecular weight excluding hydrogens is 236 g/mol. The summed E-state index contributed by atoms with van der Waals surface area (Å²) in [6.45, 7) is 8.65.